The standard InChI is InChI=1S/C25H29ClN4O2/c26-21-5-3-20(4-6-21)25(8-14-32-15-9-25)24(31)29-11-1-2-19(7-12-29)16-22-18-30-13-10-27-23(30)17-28-22/h3-6,10,13,17-19H,1-2,7-9,11-12,14-16H2/t19-/m1/s1. The van der Waals surface area contributed by atoms with Crippen molar-refractivity contribution in [1.82, 2.24) is 19.3 Å². The molecule has 0 saturated carbocycles. The number of amides is 1. The molecule has 4 heterocycles. The smallest absolute Gasteiger partial charge is 0.233 e. The highest BCUT2D eigenvalue weighted by Crippen LogP contribution is 2.38. The maximum absolute atomic E-state index is 13.9. The highest BCUT2D eigenvalue weighted by molar-refractivity contribution is 6.30. The van der Waals surface area contributed by atoms with Crippen molar-refractivity contribution in [1.29, 1.82) is 0 Å². The number of likely N-dealkylation sites (tertiary alicyclic amines) is 1. The van der Waals surface area contributed by atoms with Crippen molar-refractivity contribution in [3.8, 4) is 0 Å². The molecule has 2 aliphatic heterocycles. The lowest BCUT2D eigenvalue weighted by molar-refractivity contribution is -0.141. The normalized spacial score (nSPS) is 21.4. The van der Waals surface area contributed by atoms with Gasteiger partial charge in [-0.15, -0.1) is 0 Å². The van der Waals surface area contributed by atoms with Crippen LogP contribution >= 0.6 is 11.6 Å². The Morgan fingerprint density at radius 2 is 1.94 bits per heavy atom. The lowest BCUT2D eigenvalue weighted by atomic mass is 9.73. The van der Waals surface area contributed by atoms with Crippen molar-refractivity contribution in [3.63, 3.8) is 0 Å². The summed E-state index contributed by atoms with van der Waals surface area (Å²) in [5, 5.41) is 0.698. The van der Waals surface area contributed by atoms with Crippen LogP contribution in [0.4, 0.5) is 0 Å². The largest absolute Gasteiger partial charge is 0.381 e. The van der Waals surface area contributed by atoms with Gasteiger partial charge >= 0.3 is 0 Å². The number of hydrogen-bond donors (Lipinski definition) is 0. The zero-order valence-electron chi connectivity index (χ0n) is 18.3. The molecule has 0 unspecified atom stereocenters. The Labute approximate surface area is 193 Å². The molecule has 0 spiro atoms. The molecule has 6 nitrogen and oxygen atoms in total. The van der Waals surface area contributed by atoms with Gasteiger partial charge in [0.1, 0.15) is 0 Å². The molecular formula is C25H29ClN4O2. The Bertz CT molecular complexity index is 1070. The van der Waals surface area contributed by atoms with E-state index in [1.807, 2.05) is 41.1 Å². The summed E-state index contributed by atoms with van der Waals surface area (Å²) in [7, 11) is 0. The Balaban J connectivity index is 1.30. The second-order valence-electron chi connectivity index (χ2n) is 9.07. The Morgan fingerprint density at radius 1 is 1.12 bits per heavy atom. The lowest BCUT2D eigenvalue weighted by Gasteiger charge is -2.40. The van der Waals surface area contributed by atoms with Crippen LogP contribution in [0.2, 0.25) is 5.02 Å². The van der Waals surface area contributed by atoms with E-state index in [2.05, 4.69) is 21.1 Å². The fourth-order valence-electron chi connectivity index (χ4n) is 5.26. The minimum Gasteiger partial charge on any atom is -0.381 e. The molecule has 2 fully saturated rings. The van der Waals surface area contributed by atoms with Crippen molar-refractivity contribution < 1.29 is 9.53 Å². The van der Waals surface area contributed by atoms with Gasteiger partial charge < -0.3 is 14.0 Å². The number of rotatable bonds is 4. The van der Waals surface area contributed by atoms with Gasteiger partial charge in [-0.05, 0) is 62.1 Å². The summed E-state index contributed by atoms with van der Waals surface area (Å²) >= 11 is 6.12. The molecule has 7 heteroatoms. The summed E-state index contributed by atoms with van der Waals surface area (Å²) in [6.45, 7) is 2.85. The summed E-state index contributed by atoms with van der Waals surface area (Å²) in [4.78, 5) is 24.9. The predicted molar refractivity (Wildman–Crippen MR) is 124 cm³/mol. The third kappa shape index (κ3) is 4.26. The average Bonchev–Trinajstić information content (AvgIpc) is 3.17. The quantitative estimate of drug-likeness (QED) is 0.592. The number of halogens is 1. The Hall–Kier alpha value is -2.44. The fourth-order valence-corrected chi connectivity index (χ4v) is 5.39. The van der Waals surface area contributed by atoms with Gasteiger partial charge in [0, 0.05) is 49.9 Å². The van der Waals surface area contributed by atoms with E-state index < -0.39 is 5.41 Å². The van der Waals surface area contributed by atoms with Crippen LogP contribution < -0.4 is 0 Å². The number of nitrogens with zero attached hydrogens (tertiary/aromatic N) is 4. The van der Waals surface area contributed by atoms with Gasteiger partial charge in [-0.3, -0.25) is 9.78 Å². The molecule has 3 aromatic rings. The number of benzene rings is 1. The molecule has 168 valence electrons. The first-order valence-corrected chi connectivity index (χ1v) is 11.9. The van der Waals surface area contributed by atoms with E-state index in [-0.39, 0.29) is 5.91 Å². The fraction of sp³-hybridized carbons (Fsp3) is 0.480. The first-order valence-electron chi connectivity index (χ1n) is 11.5. The van der Waals surface area contributed by atoms with E-state index in [1.54, 1.807) is 6.20 Å². The number of carbonyl (C=O) groups is 1. The molecule has 5 rings (SSSR count). The molecule has 0 bridgehead atoms. The molecule has 0 aliphatic carbocycles. The maximum atomic E-state index is 13.9. The Kier molecular flexibility index (Phi) is 6.15. The maximum Gasteiger partial charge on any atom is 0.233 e. The van der Waals surface area contributed by atoms with Gasteiger partial charge in [-0.1, -0.05) is 23.7 Å². The molecular weight excluding hydrogens is 424 g/mol. The Morgan fingerprint density at radius 3 is 2.75 bits per heavy atom. The van der Waals surface area contributed by atoms with Gasteiger partial charge in [0.2, 0.25) is 5.91 Å². The lowest BCUT2D eigenvalue weighted by Crippen LogP contribution is -2.50. The van der Waals surface area contributed by atoms with Crippen LogP contribution in [0.15, 0.2) is 49.1 Å². The number of carbonyl (C=O) groups excluding carboxylic acids is 1. The molecule has 1 aromatic carbocycles. The summed E-state index contributed by atoms with van der Waals surface area (Å²) < 4.78 is 7.65. The van der Waals surface area contributed by atoms with Crippen LogP contribution in [0, 0.1) is 5.92 Å². The monoisotopic (exact) mass is 452 g/mol. The zero-order chi connectivity index (χ0) is 22.0. The third-order valence-corrected chi connectivity index (χ3v) is 7.37. The van der Waals surface area contributed by atoms with E-state index in [1.165, 1.54) is 0 Å². The highest BCUT2D eigenvalue weighted by Gasteiger charge is 2.44. The average molecular weight is 453 g/mol. The van der Waals surface area contributed by atoms with Gasteiger partial charge in [0.05, 0.1) is 17.3 Å². The van der Waals surface area contributed by atoms with Crippen LogP contribution in [0.3, 0.4) is 0 Å². The number of fused-ring (bicyclic) bond motifs is 1. The van der Waals surface area contributed by atoms with Crippen molar-refractivity contribution in [2.75, 3.05) is 26.3 Å². The van der Waals surface area contributed by atoms with Gasteiger partial charge in [0.25, 0.3) is 0 Å². The van der Waals surface area contributed by atoms with Crippen LogP contribution in [-0.4, -0.2) is 51.5 Å². The molecule has 2 saturated heterocycles. The summed E-state index contributed by atoms with van der Waals surface area (Å²) in [6, 6.07) is 7.82. The van der Waals surface area contributed by atoms with E-state index >= 15 is 0 Å². The first-order chi connectivity index (χ1) is 15.6. The number of ether oxygens (including phenoxy) is 1. The minimum absolute atomic E-state index is 0.252. The predicted octanol–water partition coefficient (Wildman–Crippen LogP) is 4.30. The first kappa shape index (κ1) is 21.4. The van der Waals surface area contributed by atoms with Gasteiger partial charge in [-0.25, -0.2) is 4.98 Å². The summed E-state index contributed by atoms with van der Waals surface area (Å²) in [5.74, 6) is 0.782. The van der Waals surface area contributed by atoms with Gasteiger partial charge in [-0.2, -0.15) is 0 Å². The zero-order valence-corrected chi connectivity index (χ0v) is 19.0. The van der Waals surface area contributed by atoms with Crippen molar-refractivity contribution in [2.24, 2.45) is 5.92 Å². The number of aromatic nitrogens is 3. The second kappa shape index (κ2) is 9.20. The number of hydrogen-bond acceptors (Lipinski definition) is 4. The molecule has 2 aliphatic rings. The van der Waals surface area contributed by atoms with Gasteiger partial charge in [0.15, 0.2) is 5.65 Å². The minimum atomic E-state index is -0.503. The van der Waals surface area contributed by atoms with Crippen LogP contribution in [0.25, 0.3) is 5.65 Å². The van der Waals surface area contributed by atoms with E-state index in [9.17, 15) is 4.79 Å². The molecule has 2 aromatic heterocycles. The summed E-state index contributed by atoms with van der Waals surface area (Å²) in [6.07, 6.45) is 13.2. The molecule has 1 atom stereocenters. The molecule has 0 N–H and O–H groups in total. The SMILES string of the molecule is O=C(N1CCC[C@@H](Cc2cn3ccnc3cn2)CC1)C1(c2ccc(Cl)cc2)CCOCC1. The van der Waals surface area contributed by atoms with Crippen molar-refractivity contribution in [3.05, 3.63) is 65.3 Å². The second-order valence-corrected chi connectivity index (χ2v) is 9.50. The van der Waals surface area contributed by atoms with E-state index in [0.29, 0.717) is 24.2 Å². The number of imidazole rings is 1. The molecule has 0 radical (unpaired) electrons. The van der Waals surface area contributed by atoms with Crippen LogP contribution in [0.5, 0.6) is 0 Å². The van der Waals surface area contributed by atoms with E-state index in [0.717, 1.165) is 68.5 Å². The topological polar surface area (TPSA) is 59.7 Å². The molecule has 32 heavy (non-hydrogen) atoms. The summed E-state index contributed by atoms with van der Waals surface area (Å²) in [5.41, 5.74) is 2.52. The van der Waals surface area contributed by atoms with Crippen LogP contribution in [0.1, 0.15) is 43.4 Å². The molecule has 1 amide bonds. The van der Waals surface area contributed by atoms with Crippen LogP contribution in [-0.2, 0) is 21.4 Å². The third-order valence-electron chi connectivity index (χ3n) is 7.12. The van der Waals surface area contributed by atoms with Crippen molar-refractivity contribution in [2.45, 2.75) is 43.9 Å². The highest BCUT2D eigenvalue weighted by atomic mass is 35.5. The van der Waals surface area contributed by atoms with Crippen molar-refractivity contribution >= 4 is 23.2 Å². The van der Waals surface area contributed by atoms with E-state index in [4.69, 9.17) is 16.3 Å².